The van der Waals surface area contributed by atoms with Crippen LogP contribution in [0.5, 0.6) is 5.88 Å². The molecule has 1 saturated heterocycles. The lowest BCUT2D eigenvalue weighted by molar-refractivity contribution is -0.121. The van der Waals surface area contributed by atoms with E-state index in [9.17, 15) is 4.79 Å². The van der Waals surface area contributed by atoms with Gasteiger partial charge in [0.2, 0.25) is 12.3 Å². The molecular formula is C12H13ClN2O2. The number of aromatic nitrogens is 1. The number of hydrogen-bond donors (Lipinski definition) is 0. The van der Waals surface area contributed by atoms with E-state index in [-0.39, 0.29) is 12.1 Å². The molecule has 3 atom stereocenters. The quantitative estimate of drug-likeness (QED) is 0.770. The number of likely N-dealkylation sites (tertiary alicyclic amines) is 1. The Bertz CT molecular complexity index is 423. The van der Waals surface area contributed by atoms with Crippen molar-refractivity contribution < 1.29 is 9.53 Å². The summed E-state index contributed by atoms with van der Waals surface area (Å²) < 4.78 is 5.83. The predicted octanol–water partition coefficient (Wildman–Crippen LogP) is 1.73. The van der Waals surface area contributed by atoms with E-state index in [0.717, 1.165) is 25.8 Å². The summed E-state index contributed by atoms with van der Waals surface area (Å²) in [6.45, 7) is 0.877. The first-order chi connectivity index (χ1) is 8.26. The van der Waals surface area contributed by atoms with Crippen LogP contribution < -0.4 is 4.74 Å². The summed E-state index contributed by atoms with van der Waals surface area (Å²) in [6.07, 6.45) is 4.64. The van der Waals surface area contributed by atoms with Crippen molar-refractivity contribution in [1.29, 1.82) is 0 Å². The first kappa shape index (κ1) is 10.8. The third-order valence-electron chi connectivity index (χ3n) is 3.57. The molecule has 4 nitrogen and oxygen atoms in total. The summed E-state index contributed by atoms with van der Waals surface area (Å²) in [5.74, 6) is 1.17. The van der Waals surface area contributed by atoms with E-state index in [1.54, 1.807) is 18.3 Å². The molecule has 0 unspecified atom stereocenters. The molecule has 1 aromatic heterocycles. The van der Waals surface area contributed by atoms with E-state index >= 15 is 0 Å². The number of rotatable bonds is 3. The van der Waals surface area contributed by atoms with Crippen LogP contribution in [-0.2, 0) is 4.79 Å². The number of ether oxygens (including phenoxy) is 1. The van der Waals surface area contributed by atoms with Gasteiger partial charge in [0, 0.05) is 18.8 Å². The number of hydrogen-bond acceptors (Lipinski definition) is 3. The van der Waals surface area contributed by atoms with Gasteiger partial charge in [-0.3, -0.25) is 4.79 Å². The Morgan fingerprint density at radius 3 is 3.00 bits per heavy atom. The van der Waals surface area contributed by atoms with Gasteiger partial charge in [-0.05, 0) is 24.8 Å². The largest absolute Gasteiger partial charge is 0.472 e. The Balaban J connectivity index is 1.70. The highest BCUT2D eigenvalue weighted by molar-refractivity contribution is 6.30. The molecule has 0 N–H and O–H groups in total. The monoisotopic (exact) mass is 252 g/mol. The van der Waals surface area contributed by atoms with Crippen LogP contribution in [0.4, 0.5) is 0 Å². The molecule has 2 fully saturated rings. The molecule has 2 aliphatic rings. The molecule has 17 heavy (non-hydrogen) atoms. The number of carbonyl (C=O) groups is 1. The molecule has 2 bridgehead atoms. The fourth-order valence-corrected chi connectivity index (χ4v) is 2.95. The number of fused-ring (bicyclic) bond motifs is 2. The average molecular weight is 253 g/mol. The van der Waals surface area contributed by atoms with E-state index in [2.05, 4.69) is 4.98 Å². The summed E-state index contributed by atoms with van der Waals surface area (Å²) in [5, 5.41) is 0.597. The molecule has 90 valence electrons. The molecule has 1 aromatic rings. The molecular weight excluding hydrogens is 240 g/mol. The highest BCUT2D eigenvalue weighted by Gasteiger charge is 2.45. The minimum Gasteiger partial charge on any atom is -0.472 e. The number of nitrogens with zero attached hydrogens (tertiary/aromatic N) is 2. The lowest BCUT2D eigenvalue weighted by atomic mass is 10.1. The third-order valence-corrected chi connectivity index (χ3v) is 3.80. The van der Waals surface area contributed by atoms with Crippen molar-refractivity contribution in [2.75, 3.05) is 6.54 Å². The number of amides is 1. The second kappa shape index (κ2) is 4.18. The lowest BCUT2D eigenvalue weighted by Crippen LogP contribution is -2.43. The van der Waals surface area contributed by atoms with Crippen molar-refractivity contribution in [3.8, 4) is 5.88 Å². The second-order valence-corrected chi connectivity index (χ2v) is 5.11. The smallest absolute Gasteiger partial charge is 0.213 e. The van der Waals surface area contributed by atoms with Crippen molar-refractivity contribution >= 4 is 18.0 Å². The Morgan fingerprint density at radius 2 is 2.35 bits per heavy atom. The van der Waals surface area contributed by atoms with Gasteiger partial charge in [-0.1, -0.05) is 11.6 Å². The van der Waals surface area contributed by atoms with Crippen molar-refractivity contribution in [2.45, 2.75) is 25.0 Å². The molecule has 5 heteroatoms. The van der Waals surface area contributed by atoms with Crippen LogP contribution >= 0.6 is 11.6 Å². The summed E-state index contributed by atoms with van der Waals surface area (Å²) in [4.78, 5) is 16.8. The minimum atomic E-state index is 0.0765. The second-order valence-electron chi connectivity index (χ2n) is 4.68. The molecule has 3 rings (SSSR count). The minimum absolute atomic E-state index is 0.0765. The van der Waals surface area contributed by atoms with Crippen LogP contribution in [-0.4, -0.2) is 35.0 Å². The zero-order valence-electron chi connectivity index (χ0n) is 9.25. The lowest BCUT2D eigenvalue weighted by Gasteiger charge is -2.30. The van der Waals surface area contributed by atoms with E-state index < -0.39 is 0 Å². The van der Waals surface area contributed by atoms with Gasteiger partial charge >= 0.3 is 0 Å². The summed E-state index contributed by atoms with van der Waals surface area (Å²) in [7, 11) is 0. The van der Waals surface area contributed by atoms with Crippen LogP contribution in [0, 0.1) is 5.92 Å². The summed E-state index contributed by atoms with van der Waals surface area (Å²) >= 11 is 5.76. The number of piperidine rings is 1. The maximum atomic E-state index is 10.9. The highest BCUT2D eigenvalue weighted by atomic mass is 35.5. The highest BCUT2D eigenvalue weighted by Crippen LogP contribution is 2.38. The molecule has 0 spiro atoms. The zero-order chi connectivity index (χ0) is 11.8. The van der Waals surface area contributed by atoms with Crippen LogP contribution in [0.2, 0.25) is 5.02 Å². The van der Waals surface area contributed by atoms with Gasteiger partial charge in [-0.2, -0.15) is 0 Å². The van der Waals surface area contributed by atoms with E-state index in [1.807, 2.05) is 4.90 Å². The van der Waals surface area contributed by atoms with Crippen molar-refractivity contribution in [3.05, 3.63) is 23.4 Å². The first-order valence-corrected chi connectivity index (χ1v) is 6.13. The average Bonchev–Trinajstić information content (AvgIpc) is 2.91. The topological polar surface area (TPSA) is 42.4 Å². The Hall–Kier alpha value is -1.29. The molecule has 0 aromatic carbocycles. The van der Waals surface area contributed by atoms with Crippen molar-refractivity contribution in [2.24, 2.45) is 5.92 Å². The summed E-state index contributed by atoms with van der Waals surface area (Å²) in [6, 6.07) is 3.74. The van der Waals surface area contributed by atoms with E-state index in [4.69, 9.17) is 16.3 Å². The summed E-state index contributed by atoms with van der Waals surface area (Å²) in [5.41, 5.74) is 0. The number of pyridine rings is 1. The van der Waals surface area contributed by atoms with Crippen LogP contribution in [0.1, 0.15) is 12.8 Å². The van der Waals surface area contributed by atoms with Crippen molar-refractivity contribution in [1.82, 2.24) is 9.88 Å². The predicted molar refractivity (Wildman–Crippen MR) is 62.9 cm³/mol. The van der Waals surface area contributed by atoms with E-state index in [1.165, 1.54) is 0 Å². The normalized spacial score (nSPS) is 30.6. The Kier molecular flexibility index (Phi) is 2.67. The number of halogens is 1. The standard InChI is InChI=1S/C12H13ClN2O2/c13-9-1-2-12(14-5-9)17-11-4-8-3-10(11)15(6-8)7-16/h1-2,5,7-8,10-11H,3-4,6H2/t8-,10+,11-/m1/s1. The van der Waals surface area contributed by atoms with Crippen LogP contribution in [0.25, 0.3) is 0 Å². The molecule has 1 saturated carbocycles. The van der Waals surface area contributed by atoms with Gasteiger partial charge in [0.25, 0.3) is 0 Å². The first-order valence-electron chi connectivity index (χ1n) is 5.75. The maximum Gasteiger partial charge on any atom is 0.213 e. The van der Waals surface area contributed by atoms with E-state index in [0.29, 0.717) is 16.8 Å². The van der Waals surface area contributed by atoms with Gasteiger partial charge in [-0.15, -0.1) is 0 Å². The SMILES string of the molecule is O=CN1C[C@H]2C[C@@H](Oc3ccc(Cl)cn3)[C@@H]1C2. The number of carbonyl (C=O) groups excluding carboxylic acids is 1. The third kappa shape index (κ3) is 1.97. The molecule has 2 heterocycles. The van der Waals surface area contributed by atoms with Gasteiger partial charge in [0.15, 0.2) is 0 Å². The van der Waals surface area contributed by atoms with Crippen LogP contribution in [0.3, 0.4) is 0 Å². The molecule has 1 amide bonds. The molecule has 1 aliphatic heterocycles. The van der Waals surface area contributed by atoms with Gasteiger partial charge in [0.1, 0.15) is 6.10 Å². The zero-order valence-corrected chi connectivity index (χ0v) is 10.0. The van der Waals surface area contributed by atoms with Gasteiger partial charge in [0.05, 0.1) is 11.1 Å². The fraction of sp³-hybridized carbons (Fsp3) is 0.500. The van der Waals surface area contributed by atoms with Gasteiger partial charge < -0.3 is 9.64 Å². The fourth-order valence-electron chi connectivity index (χ4n) is 2.84. The molecule has 0 radical (unpaired) electrons. The van der Waals surface area contributed by atoms with Crippen molar-refractivity contribution in [3.63, 3.8) is 0 Å². The Morgan fingerprint density at radius 1 is 1.47 bits per heavy atom. The Labute approximate surface area is 105 Å². The maximum absolute atomic E-state index is 10.9. The van der Waals surface area contributed by atoms with Crippen LogP contribution in [0.15, 0.2) is 18.3 Å². The molecule has 1 aliphatic carbocycles. The van der Waals surface area contributed by atoms with Gasteiger partial charge in [-0.25, -0.2) is 4.98 Å².